The molecule has 3 saturated heterocycles. The molecule has 1 N–H and O–H groups in total. The van der Waals surface area contributed by atoms with Crippen molar-refractivity contribution in [2.24, 2.45) is 5.92 Å². The normalized spacial score (nSPS) is 34.3. The number of piperidine rings is 3. The van der Waals surface area contributed by atoms with Gasteiger partial charge < -0.3 is 5.32 Å². The summed E-state index contributed by atoms with van der Waals surface area (Å²) in [7, 11) is 0. The molecule has 0 unspecified atom stereocenters. The smallest absolute Gasteiger partial charge is 0.228 e. The highest BCUT2D eigenvalue weighted by Crippen LogP contribution is 2.34. The number of hydrogen-bond donors (Lipinski definition) is 1. The van der Waals surface area contributed by atoms with Gasteiger partial charge in [-0.15, -0.1) is 0 Å². The Morgan fingerprint density at radius 3 is 2.71 bits per heavy atom. The van der Waals surface area contributed by atoms with Crippen LogP contribution in [0.2, 0.25) is 0 Å². The minimum Gasteiger partial charge on any atom is -0.340 e. The van der Waals surface area contributed by atoms with Crippen LogP contribution in [0.25, 0.3) is 0 Å². The van der Waals surface area contributed by atoms with Crippen LogP contribution in [0.5, 0.6) is 0 Å². The van der Waals surface area contributed by atoms with Gasteiger partial charge in [0, 0.05) is 13.1 Å². The first kappa shape index (κ1) is 13.3. The molecule has 1 amide bonds. The lowest BCUT2D eigenvalue weighted by Gasteiger charge is -2.46. The summed E-state index contributed by atoms with van der Waals surface area (Å²) >= 11 is 0. The first-order valence-corrected chi connectivity index (χ1v) is 8.43. The molecule has 1 aliphatic carbocycles. The van der Waals surface area contributed by atoms with Crippen molar-refractivity contribution in [3.05, 3.63) is 35.4 Å². The number of fused-ring (bicyclic) bond motifs is 4. The zero-order chi connectivity index (χ0) is 14.2. The van der Waals surface area contributed by atoms with Gasteiger partial charge in [0.2, 0.25) is 5.91 Å². The molecule has 0 aromatic heterocycles. The molecule has 112 valence electrons. The number of rotatable bonds is 2. The van der Waals surface area contributed by atoms with E-state index in [0.717, 1.165) is 44.7 Å². The number of aryl methyl sites for hydroxylation is 1. The molecule has 0 radical (unpaired) electrons. The predicted octanol–water partition coefficient (Wildman–Crippen LogP) is 2.66. The van der Waals surface area contributed by atoms with Crippen molar-refractivity contribution in [2.75, 3.05) is 13.1 Å². The summed E-state index contributed by atoms with van der Waals surface area (Å²) in [6, 6.07) is 8.48. The van der Waals surface area contributed by atoms with Crippen LogP contribution in [0.4, 0.5) is 0 Å². The van der Waals surface area contributed by atoms with Gasteiger partial charge in [0.1, 0.15) is 0 Å². The van der Waals surface area contributed by atoms with Crippen molar-refractivity contribution < 1.29 is 4.79 Å². The summed E-state index contributed by atoms with van der Waals surface area (Å²) in [4.78, 5) is 15.2. The molecule has 3 aliphatic heterocycles. The standard InChI is InChI=1S/C18H24N2O/c21-18(19-17-12-13-8-10-20(17)11-9-13)16-7-3-5-14-4-1-2-6-15(14)16/h1-2,4,6,13,16-17H,3,5,7-12H2,(H,19,21)/t16-,17-/m0/s1. The van der Waals surface area contributed by atoms with Gasteiger partial charge in [-0.1, -0.05) is 24.3 Å². The Labute approximate surface area is 126 Å². The molecule has 3 heteroatoms. The van der Waals surface area contributed by atoms with Crippen LogP contribution in [0, 0.1) is 5.92 Å². The molecule has 2 atom stereocenters. The lowest BCUT2D eigenvalue weighted by atomic mass is 9.81. The lowest BCUT2D eigenvalue weighted by Crippen LogP contribution is -2.57. The maximum absolute atomic E-state index is 12.8. The Morgan fingerprint density at radius 1 is 1.14 bits per heavy atom. The monoisotopic (exact) mass is 284 g/mol. The zero-order valence-electron chi connectivity index (χ0n) is 12.6. The first-order chi connectivity index (χ1) is 10.3. The number of nitrogens with one attached hydrogen (secondary N) is 1. The Kier molecular flexibility index (Phi) is 3.46. The molecule has 0 spiro atoms. The van der Waals surface area contributed by atoms with E-state index in [1.54, 1.807) is 0 Å². The molecule has 4 aliphatic rings. The summed E-state index contributed by atoms with van der Waals surface area (Å²) in [5, 5.41) is 3.35. The fraction of sp³-hybridized carbons (Fsp3) is 0.611. The average Bonchev–Trinajstić information content (AvgIpc) is 2.55. The second-order valence-electron chi connectivity index (χ2n) is 6.88. The summed E-state index contributed by atoms with van der Waals surface area (Å²) in [6.07, 6.45) is 7.33. The van der Waals surface area contributed by atoms with Crippen molar-refractivity contribution >= 4 is 5.91 Å². The molecule has 3 fully saturated rings. The highest BCUT2D eigenvalue weighted by Gasteiger charge is 2.36. The highest BCUT2D eigenvalue weighted by molar-refractivity contribution is 5.84. The first-order valence-electron chi connectivity index (χ1n) is 8.43. The minimum absolute atomic E-state index is 0.0663. The Balaban J connectivity index is 1.49. The maximum atomic E-state index is 12.8. The van der Waals surface area contributed by atoms with Crippen molar-refractivity contribution in [2.45, 2.75) is 50.6 Å². The van der Waals surface area contributed by atoms with Crippen LogP contribution < -0.4 is 5.32 Å². The highest BCUT2D eigenvalue weighted by atomic mass is 16.2. The van der Waals surface area contributed by atoms with E-state index >= 15 is 0 Å². The third-order valence-electron chi connectivity index (χ3n) is 5.64. The van der Waals surface area contributed by atoms with Crippen LogP contribution in [0.3, 0.4) is 0 Å². The van der Waals surface area contributed by atoms with Gasteiger partial charge in [0.05, 0.1) is 12.1 Å². The molecule has 3 nitrogen and oxygen atoms in total. The van der Waals surface area contributed by atoms with Crippen molar-refractivity contribution in [1.29, 1.82) is 0 Å². The largest absolute Gasteiger partial charge is 0.340 e. The van der Waals surface area contributed by atoms with E-state index in [-0.39, 0.29) is 11.8 Å². The maximum Gasteiger partial charge on any atom is 0.228 e. The number of carbonyl (C=O) groups excluding carboxylic acids is 1. The van der Waals surface area contributed by atoms with Crippen LogP contribution in [0.1, 0.15) is 49.1 Å². The molecule has 0 saturated carbocycles. The Bertz CT molecular complexity index is 534. The molecule has 2 bridgehead atoms. The third-order valence-corrected chi connectivity index (χ3v) is 5.64. The fourth-order valence-electron chi connectivity index (χ4n) is 4.41. The topological polar surface area (TPSA) is 32.3 Å². The van der Waals surface area contributed by atoms with Crippen molar-refractivity contribution in [3.8, 4) is 0 Å². The Hall–Kier alpha value is -1.35. The molecular formula is C18H24N2O. The van der Waals surface area contributed by atoms with Gasteiger partial charge >= 0.3 is 0 Å². The van der Waals surface area contributed by atoms with Gasteiger partial charge in [0.15, 0.2) is 0 Å². The number of hydrogen-bond acceptors (Lipinski definition) is 2. The third kappa shape index (κ3) is 2.48. The van der Waals surface area contributed by atoms with Crippen LogP contribution >= 0.6 is 0 Å². The van der Waals surface area contributed by atoms with E-state index in [2.05, 4.69) is 34.5 Å². The molecule has 5 rings (SSSR count). The number of nitrogens with zero attached hydrogens (tertiary/aromatic N) is 1. The van der Waals surface area contributed by atoms with Gasteiger partial charge in [-0.2, -0.15) is 0 Å². The molecule has 1 aromatic carbocycles. The van der Waals surface area contributed by atoms with E-state index in [4.69, 9.17) is 0 Å². The summed E-state index contributed by atoms with van der Waals surface area (Å²) in [5.41, 5.74) is 2.63. The molecule has 1 aromatic rings. The van der Waals surface area contributed by atoms with E-state index in [0.29, 0.717) is 6.17 Å². The molecular weight excluding hydrogens is 260 g/mol. The SMILES string of the molecule is O=C(N[C@@H]1CC2CCN1CC2)[C@H]1CCCc2ccccc21. The van der Waals surface area contributed by atoms with Gasteiger partial charge in [0.25, 0.3) is 0 Å². The van der Waals surface area contributed by atoms with Crippen LogP contribution in [0.15, 0.2) is 24.3 Å². The second-order valence-corrected chi connectivity index (χ2v) is 6.88. The van der Waals surface area contributed by atoms with Crippen molar-refractivity contribution in [3.63, 3.8) is 0 Å². The lowest BCUT2D eigenvalue weighted by molar-refractivity contribution is -0.126. The number of carbonyl (C=O) groups is 1. The number of amides is 1. The van der Waals surface area contributed by atoms with Gasteiger partial charge in [-0.05, 0) is 55.6 Å². The second kappa shape index (κ2) is 5.45. The minimum atomic E-state index is 0.0663. The quantitative estimate of drug-likeness (QED) is 0.905. The zero-order valence-corrected chi connectivity index (χ0v) is 12.6. The van der Waals surface area contributed by atoms with E-state index in [1.165, 1.54) is 24.0 Å². The number of benzene rings is 1. The van der Waals surface area contributed by atoms with E-state index < -0.39 is 0 Å². The van der Waals surface area contributed by atoms with Crippen LogP contribution in [-0.2, 0) is 11.2 Å². The Morgan fingerprint density at radius 2 is 1.95 bits per heavy atom. The summed E-state index contributed by atoms with van der Waals surface area (Å²) in [6.45, 7) is 2.33. The van der Waals surface area contributed by atoms with Crippen LogP contribution in [-0.4, -0.2) is 30.1 Å². The van der Waals surface area contributed by atoms with Crippen molar-refractivity contribution in [1.82, 2.24) is 10.2 Å². The van der Waals surface area contributed by atoms with E-state index in [9.17, 15) is 4.79 Å². The van der Waals surface area contributed by atoms with Gasteiger partial charge in [-0.3, -0.25) is 9.69 Å². The van der Waals surface area contributed by atoms with Gasteiger partial charge in [-0.25, -0.2) is 0 Å². The average molecular weight is 284 g/mol. The fourth-order valence-corrected chi connectivity index (χ4v) is 4.41. The summed E-state index contributed by atoms with van der Waals surface area (Å²) in [5.74, 6) is 1.15. The van der Waals surface area contributed by atoms with E-state index in [1.807, 2.05) is 0 Å². The molecule has 3 heterocycles. The predicted molar refractivity (Wildman–Crippen MR) is 83.0 cm³/mol. The molecule has 21 heavy (non-hydrogen) atoms. The summed E-state index contributed by atoms with van der Waals surface area (Å²) < 4.78 is 0.